The molecule has 3 rings (SSSR count). The first-order valence-corrected chi connectivity index (χ1v) is 7.94. The predicted molar refractivity (Wildman–Crippen MR) is 93.9 cm³/mol. The minimum absolute atomic E-state index is 0.0789. The lowest BCUT2D eigenvalue weighted by Crippen LogP contribution is -2.11. The number of aromatic nitrogens is 2. The van der Waals surface area contributed by atoms with Crippen molar-refractivity contribution in [3.8, 4) is 5.75 Å². The molecular weight excluding hydrogens is 316 g/mol. The Labute approximate surface area is 145 Å². The van der Waals surface area contributed by atoms with Gasteiger partial charge in [-0.3, -0.25) is 9.48 Å². The van der Waals surface area contributed by atoms with E-state index < -0.39 is 5.97 Å². The van der Waals surface area contributed by atoms with E-state index in [-0.39, 0.29) is 5.78 Å². The van der Waals surface area contributed by atoms with E-state index in [1.165, 1.54) is 13.1 Å². The van der Waals surface area contributed by atoms with Crippen LogP contribution in [-0.2, 0) is 6.54 Å². The molecule has 5 nitrogen and oxygen atoms in total. The summed E-state index contributed by atoms with van der Waals surface area (Å²) < 4.78 is 7.15. The number of hydrogen-bond donors (Lipinski definition) is 0. The van der Waals surface area contributed by atoms with E-state index in [4.69, 9.17) is 4.74 Å². The number of esters is 1. The maximum atomic E-state index is 12.4. The molecule has 0 spiro atoms. The molecule has 3 aromatic rings. The predicted octanol–water partition coefficient (Wildman–Crippen LogP) is 3.66. The van der Waals surface area contributed by atoms with Crippen LogP contribution in [0, 0.1) is 6.92 Å². The van der Waals surface area contributed by atoms with Crippen molar-refractivity contribution in [2.45, 2.75) is 20.4 Å². The molecule has 0 aliphatic carbocycles. The van der Waals surface area contributed by atoms with Crippen LogP contribution in [-0.4, -0.2) is 21.5 Å². The number of ether oxygens (including phenoxy) is 1. The number of rotatable bonds is 5. The number of benzene rings is 2. The second-order valence-corrected chi connectivity index (χ2v) is 5.76. The molecule has 0 saturated heterocycles. The van der Waals surface area contributed by atoms with Crippen molar-refractivity contribution in [2.24, 2.45) is 0 Å². The van der Waals surface area contributed by atoms with E-state index in [2.05, 4.69) is 5.10 Å². The first kappa shape index (κ1) is 16.6. The molecular formula is C20H18N2O3. The summed E-state index contributed by atoms with van der Waals surface area (Å²) in [6.45, 7) is 3.89. The molecule has 0 amide bonds. The van der Waals surface area contributed by atoms with Crippen LogP contribution in [0.4, 0.5) is 0 Å². The van der Waals surface area contributed by atoms with E-state index in [0.29, 0.717) is 23.4 Å². The van der Waals surface area contributed by atoms with Crippen LogP contribution in [0.3, 0.4) is 0 Å². The second-order valence-electron chi connectivity index (χ2n) is 5.76. The molecule has 2 aromatic carbocycles. The van der Waals surface area contributed by atoms with Crippen molar-refractivity contribution in [1.82, 2.24) is 9.78 Å². The fraction of sp³-hybridized carbons (Fsp3) is 0.150. The Morgan fingerprint density at radius 1 is 1.08 bits per heavy atom. The Morgan fingerprint density at radius 3 is 2.56 bits per heavy atom. The average Bonchev–Trinajstić information content (AvgIpc) is 2.97. The molecule has 25 heavy (non-hydrogen) atoms. The maximum absolute atomic E-state index is 12.4. The van der Waals surface area contributed by atoms with Gasteiger partial charge in [0.15, 0.2) is 5.78 Å². The second kappa shape index (κ2) is 7.13. The van der Waals surface area contributed by atoms with Crippen LogP contribution < -0.4 is 4.74 Å². The highest BCUT2D eigenvalue weighted by Gasteiger charge is 2.17. The van der Waals surface area contributed by atoms with Gasteiger partial charge in [0.05, 0.1) is 18.4 Å². The molecule has 0 aliphatic rings. The van der Waals surface area contributed by atoms with E-state index >= 15 is 0 Å². The fourth-order valence-electron chi connectivity index (χ4n) is 2.50. The summed E-state index contributed by atoms with van der Waals surface area (Å²) in [6, 6.07) is 16.5. The molecule has 5 heteroatoms. The molecule has 0 N–H and O–H groups in total. The molecule has 1 aromatic heterocycles. The number of nitrogens with zero attached hydrogens (tertiary/aromatic N) is 2. The van der Waals surface area contributed by atoms with Gasteiger partial charge in [-0.15, -0.1) is 0 Å². The van der Waals surface area contributed by atoms with Gasteiger partial charge in [-0.25, -0.2) is 4.79 Å². The van der Waals surface area contributed by atoms with Gasteiger partial charge < -0.3 is 4.74 Å². The molecule has 1 heterocycles. The number of carbonyl (C=O) groups is 2. The molecule has 0 radical (unpaired) electrons. The van der Waals surface area contributed by atoms with Crippen LogP contribution in [0.15, 0.2) is 60.8 Å². The normalized spacial score (nSPS) is 10.5. The van der Waals surface area contributed by atoms with Crippen molar-refractivity contribution in [1.29, 1.82) is 0 Å². The van der Waals surface area contributed by atoms with E-state index in [9.17, 15) is 9.59 Å². The average molecular weight is 334 g/mol. The van der Waals surface area contributed by atoms with Crippen LogP contribution in [0.2, 0.25) is 0 Å². The van der Waals surface area contributed by atoms with Crippen molar-refractivity contribution < 1.29 is 14.3 Å². The van der Waals surface area contributed by atoms with Gasteiger partial charge >= 0.3 is 5.97 Å². The Bertz CT molecular complexity index is 914. The van der Waals surface area contributed by atoms with Crippen molar-refractivity contribution in [3.63, 3.8) is 0 Å². The first-order chi connectivity index (χ1) is 12.0. The molecule has 126 valence electrons. The van der Waals surface area contributed by atoms with E-state index in [1.807, 2.05) is 37.3 Å². The zero-order valence-corrected chi connectivity index (χ0v) is 14.1. The third-order valence-corrected chi connectivity index (χ3v) is 3.95. The number of ketones is 1. The smallest absolute Gasteiger partial charge is 0.347 e. The van der Waals surface area contributed by atoms with Crippen LogP contribution in [0.5, 0.6) is 5.75 Å². The molecule has 0 aliphatic heterocycles. The third-order valence-electron chi connectivity index (χ3n) is 3.95. The first-order valence-electron chi connectivity index (χ1n) is 7.94. The Kier molecular flexibility index (Phi) is 4.75. The SMILES string of the molecule is CC(=O)c1cccc(OC(=O)c2cnn(Cc3ccccc3)c2C)c1. The third kappa shape index (κ3) is 3.83. The molecule has 0 fully saturated rings. The number of hydrogen-bond acceptors (Lipinski definition) is 4. The van der Waals surface area contributed by atoms with Crippen molar-refractivity contribution in [2.75, 3.05) is 0 Å². The Balaban J connectivity index is 1.77. The van der Waals surface area contributed by atoms with Crippen molar-refractivity contribution >= 4 is 11.8 Å². The summed E-state index contributed by atoms with van der Waals surface area (Å²) in [6.07, 6.45) is 1.51. The summed E-state index contributed by atoms with van der Waals surface area (Å²) >= 11 is 0. The largest absolute Gasteiger partial charge is 0.423 e. The summed E-state index contributed by atoms with van der Waals surface area (Å²) in [5, 5.41) is 4.28. The van der Waals surface area contributed by atoms with Gasteiger partial charge in [0.2, 0.25) is 0 Å². The lowest BCUT2D eigenvalue weighted by Gasteiger charge is -2.07. The highest BCUT2D eigenvalue weighted by molar-refractivity contribution is 5.95. The highest BCUT2D eigenvalue weighted by Crippen LogP contribution is 2.17. The lowest BCUT2D eigenvalue weighted by atomic mass is 10.1. The standard InChI is InChI=1S/C20H18N2O3/c1-14-19(12-21-22(14)13-16-7-4-3-5-8-16)20(24)25-18-10-6-9-17(11-18)15(2)23/h3-12H,13H2,1-2H3. The van der Waals surface area contributed by atoms with Gasteiger partial charge in [-0.2, -0.15) is 5.10 Å². The molecule has 0 atom stereocenters. The quantitative estimate of drug-likeness (QED) is 0.406. The van der Waals surface area contributed by atoms with Crippen LogP contribution >= 0.6 is 0 Å². The number of Topliss-reactive ketones (excluding diaryl/α,β-unsaturated/α-hetero) is 1. The molecule has 0 unspecified atom stereocenters. The van der Waals surface area contributed by atoms with E-state index in [1.54, 1.807) is 28.9 Å². The van der Waals surface area contributed by atoms with Gasteiger partial charge in [0, 0.05) is 5.56 Å². The van der Waals surface area contributed by atoms with Gasteiger partial charge in [-0.1, -0.05) is 42.5 Å². The monoisotopic (exact) mass is 334 g/mol. The maximum Gasteiger partial charge on any atom is 0.347 e. The molecule has 0 bridgehead atoms. The Hall–Kier alpha value is -3.21. The van der Waals surface area contributed by atoms with Gasteiger partial charge in [-0.05, 0) is 31.5 Å². The highest BCUT2D eigenvalue weighted by atomic mass is 16.5. The molecule has 0 saturated carbocycles. The van der Waals surface area contributed by atoms with Crippen molar-refractivity contribution in [3.05, 3.63) is 83.2 Å². The minimum Gasteiger partial charge on any atom is -0.423 e. The van der Waals surface area contributed by atoms with E-state index in [0.717, 1.165) is 11.3 Å². The summed E-state index contributed by atoms with van der Waals surface area (Å²) in [4.78, 5) is 23.9. The topological polar surface area (TPSA) is 61.2 Å². The summed E-state index contributed by atoms with van der Waals surface area (Å²) in [5.74, 6) is -0.227. The summed E-state index contributed by atoms with van der Waals surface area (Å²) in [5.41, 5.74) is 2.74. The van der Waals surface area contributed by atoms with Crippen LogP contribution in [0.1, 0.15) is 38.9 Å². The minimum atomic E-state index is -0.488. The lowest BCUT2D eigenvalue weighted by molar-refractivity contribution is 0.0732. The zero-order chi connectivity index (χ0) is 17.8. The Morgan fingerprint density at radius 2 is 1.84 bits per heavy atom. The van der Waals surface area contributed by atoms with Gasteiger partial charge in [0.25, 0.3) is 0 Å². The van der Waals surface area contributed by atoms with Gasteiger partial charge in [0.1, 0.15) is 11.3 Å². The summed E-state index contributed by atoms with van der Waals surface area (Å²) in [7, 11) is 0. The number of carbonyl (C=O) groups excluding carboxylic acids is 2. The fourth-order valence-corrected chi connectivity index (χ4v) is 2.50. The van der Waals surface area contributed by atoms with Crippen LogP contribution in [0.25, 0.3) is 0 Å². The zero-order valence-electron chi connectivity index (χ0n) is 14.1.